The molecule has 0 radical (unpaired) electrons. The van der Waals surface area contributed by atoms with Gasteiger partial charge in [0.15, 0.2) is 0 Å². The van der Waals surface area contributed by atoms with Crippen LogP contribution >= 0.6 is 0 Å². The quantitative estimate of drug-likeness (QED) is 0.434. The largest absolute Gasteiger partial charge is 0.512 e. The molecule has 0 aromatic carbocycles. The van der Waals surface area contributed by atoms with Crippen LogP contribution in [-0.4, -0.2) is 5.11 Å². The first-order chi connectivity index (χ1) is 14.4. The molecule has 2 fully saturated rings. The molecular formula is C30H50O. The number of hydrogen-bond donors (Lipinski definition) is 1. The van der Waals surface area contributed by atoms with E-state index in [1.165, 1.54) is 56.9 Å². The molecule has 0 unspecified atom stereocenters. The standard InChI is InChI=1S/C30H50O/c1-20(2)10-9-11-21(3)22-14-18-30(8)24-12-13-25-27(4,5)26(31)16-17-28(25,6)23(24)15-19-29(22,30)7/h13,16,20-24,31H,9-12,14-15,17-19H2,1-8H3/t21-,22-,23+,24-,28-,29-,30+/m1/s1. The topological polar surface area (TPSA) is 20.2 Å². The summed E-state index contributed by atoms with van der Waals surface area (Å²) >= 11 is 0. The molecule has 176 valence electrons. The van der Waals surface area contributed by atoms with Crippen molar-refractivity contribution >= 4 is 0 Å². The molecule has 1 N–H and O–H groups in total. The summed E-state index contributed by atoms with van der Waals surface area (Å²) in [6, 6.07) is 0. The van der Waals surface area contributed by atoms with Crippen LogP contribution in [0.5, 0.6) is 0 Å². The van der Waals surface area contributed by atoms with Gasteiger partial charge in [-0.15, -0.1) is 0 Å². The van der Waals surface area contributed by atoms with Crippen LogP contribution in [0.4, 0.5) is 0 Å². The maximum absolute atomic E-state index is 10.6. The molecule has 1 heteroatoms. The lowest BCUT2D eigenvalue weighted by Gasteiger charge is -2.63. The molecule has 0 aliphatic heterocycles. The Morgan fingerprint density at radius 3 is 2.26 bits per heavy atom. The zero-order valence-corrected chi connectivity index (χ0v) is 21.9. The van der Waals surface area contributed by atoms with E-state index in [2.05, 4.69) is 67.5 Å². The molecule has 0 amide bonds. The zero-order chi connectivity index (χ0) is 22.8. The Bertz CT molecular complexity index is 756. The lowest BCUT2D eigenvalue weighted by molar-refractivity contribution is -0.110. The van der Waals surface area contributed by atoms with Crippen LogP contribution in [0, 0.1) is 51.2 Å². The van der Waals surface area contributed by atoms with E-state index in [0.717, 1.165) is 36.0 Å². The van der Waals surface area contributed by atoms with Crippen LogP contribution in [0.1, 0.15) is 113 Å². The second-order valence-corrected chi connectivity index (χ2v) is 13.7. The Morgan fingerprint density at radius 1 is 0.903 bits per heavy atom. The molecule has 2 saturated carbocycles. The Morgan fingerprint density at radius 2 is 1.58 bits per heavy atom. The van der Waals surface area contributed by atoms with Gasteiger partial charge in [-0.05, 0) is 104 Å². The highest BCUT2D eigenvalue weighted by Crippen LogP contribution is 2.73. The second-order valence-electron chi connectivity index (χ2n) is 13.7. The molecule has 1 nitrogen and oxygen atoms in total. The van der Waals surface area contributed by atoms with Crippen molar-refractivity contribution in [2.24, 2.45) is 51.2 Å². The van der Waals surface area contributed by atoms with Crippen LogP contribution < -0.4 is 0 Å². The predicted molar refractivity (Wildman–Crippen MR) is 133 cm³/mol. The highest BCUT2D eigenvalue weighted by molar-refractivity contribution is 5.38. The summed E-state index contributed by atoms with van der Waals surface area (Å²) in [4.78, 5) is 0. The van der Waals surface area contributed by atoms with Gasteiger partial charge in [0.1, 0.15) is 0 Å². The van der Waals surface area contributed by atoms with Crippen LogP contribution in [0.2, 0.25) is 0 Å². The van der Waals surface area contributed by atoms with E-state index in [-0.39, 0.29) is 10.8 Å². The molecule has 0 spiro atoms. The van der Waals surface area contributed by atoms with E-state index >= 15 is 0 Å². The van der Waals surface area contributed by atoms with Crippen molar-refractivity contribution in [2.75, 3.05) is 0 Å². The van der Waals surface area contributed by atoms with E-state index in [1.54, 1.807) is 0 Å². The normalized spacial score (nSPS) is 44.7. The number of aliphatic hydroxyl groups is 1. The molecule has 4 rings (SSSR count). The number of rotatable bonds is 5. The van der Waals surface area contributed by atoms with E-state index in [1.807, 2.05) is 0 Å². The molecule has 31 heavy (non-hydrogen) atoms. The van der Waals surface area contributed by atoms with Crippen molar-refractivity contribution in [3.05, 3.63) is 23.5 Å². The summed E-state index contributed by atoms with van der Waals surface area (Å²) in [7, 11) is 0. The molecule has 0 bridgehead atoms. The van der Waals surface area contributed by atoms with Crippen molar-refractivity contribution in [3.8, 4) is 0 Å². The first-order valence-corrected chi connectivity index (χ1v) is 13.5. The van der Waals surface area contributed by atoms with Gasteiger partial charge in [-0.2, -0.15) is 0 Å². The lowest BCUT2D eigenvalue weighted by atomic mass is 9.41. The van der Waals surface area contributed by atoms with Gasteiger partial charge in [-0.3, -0.25) is 0 Å². The third-order valence-electron chi connectivity index (χ3n) is 11.5. The van der Waals surface area contributed by atoms with Crippen LogP contribution in [0.25, 0.3) is 0 Å². The molecule has 7 atom stereocenters. The third kappa shape index (κ3) is 3.30. The van der Waals surface area contributed by atoms with Crippen molar-refractivity contribution in [1.29, 1.82) is 0 Å². The monoisotopic (exact) mass is 426 g/mol. The number of allylic oxidation sites excluding steroid dienone is 3. The van der Waals surface area contributed by atoms with Gasteiger partial charge in [0, 0.05) is 5.41 Å². The molecule has 0 aromatic heterocycles. The summed E-state index contributed by atoms with van der Waals surface area (Å²) in [5, 5.41) is 10.6. The molecule has 0 aromatic rings. The Balaban J connectivity index is 1.60. The Labute approximate surface area is 193 Å². The minimum Gasteiger partial charge on any atom is -0.512 e. The number of hydrogen-bond acceptors (Lipinski definition) is 1. The first kappa shape index (κ1) is 23.4. The van der Waals surface area contributed by atoms with E-state index in [4.69, 9.17) is 0 Å². The fourth-order valence-corrected chi connectivity index (χ4v) is 9.42. The van der Waals surface area contributed by atoms with E-state index < -0.39 is 0 Å². The molecular weight excluding hydrogens is 376 g/mol. The third-order valence-corrected chi connectivity index (χ3v) is 11.5. The van der Waals surface area contributed by atoms with Gasteiger partial charge in [-0.1, -0.05) is 72.5 Å². The average Bonchev–Trinajstić information content (AvgIpc) is 2.96. The number of aliphatic hydroxyl groups excluding tert-OH is 1. The van der Waals surface area contributed by atoms with Crippen LogP contribution in [0.15, 0.2) is 23.5 Å². The molecule has 4 aliphatic rings. The minimum absolute atomic E-state index is 0.192. The minimum atomic E-state index is -0.192. The van der Waals surface area contributed by atoms with Crippen molar-refractivity contribution < 1.29 is 5.11 Å². The van der Waals surface area contributed by atoms with Gasteiger partial charge in [0.05, 0.1) is 5.76 Å². The van der Waals surface area contributed by atoms with Crippen molar-refractivity contribution in [1.82, 2.24) is 0 Å². The SMILES string of the molecule is CC(C)CCC[C@@H](C)[C@H]1CC[C@@]2(C)[C@@H]3CC=C4C(C)(C)C(O)=CC[C@]4(C)[C@H]3CC[C@]12C. The summed E-state index contributed by atoms with van der Waals surface area (Å²) in [6.07, 6.45) is 16.9. The summed E-state index contributed by atoms with van der Waals surface area (Å²) in [6.45, 7) is 19.7. The summed E-state index contributed by atoms with van der Waals surface area (Å²) in [5.74, 6) is 4.76. The maximum Gasteiger partial charge on any atom is 0.0979 e. The maximum atomic E-state index is 10.6. The lowest BCUT2D eigenvalue weighted by Crippen LogP contribution is -2.56. The van der Waals surface area contributed by atoms with Crippen molar-refractivity contribution in [2.45, 2.75) is 113 Å². The first-order valence-electron chi connectivity index (χ1n) is 13.5. The number of fused-ring (bicyclic) bond motifs is 5. The second kappa shape index (κ2) is 7.66. The van der Waals surface area contributed by atoms with Crippen molar-refractivity contribution in [3.63, 3.8) is 0 Å². The Kier molecular flexibility index (Phi) is 5.79. The fraction of sp³-hybridized carbons (Fsp3) is 0.867. The molecule has 4 aliphatic carbocycles. The van der Waals surface area contributed by atoms with Gasteiger partial charge in [0.25, 0.3) is 0 Å². The highest BCUT2D eigenvalue weighted by atomic mass is 16.3. The Hall–Kier alpha value is -0.720. The smallest absolute Gasteiger partial charge is 0.0979 e. The van der Waals surface area contributed by atoms with Gasteiger partial charge >= 0.3 is 0 Å². The molecule has 0 saturated heterocycles. The van der Waals surface area contributed by atoms with Gasteiger partial charge in [-0.25, -0.2) is 0 Å². The van der Waals surface area contributed by atoms with E-state index in [9.17, 15) is 5.11 Å². The molecule has 0 heterocycles. The zero-order valence-electron chi connectivity index (χ0n) is 21.9. The predicted octanol–water partition coefficient (Wildman–Crippen LogP) is 9.11. The fourth-order valence-electron chi connectivity index (χ4n) is 9.42. The summed E-state index contributed by atoms with van der Waals surface area (Å²) < 4.78 is 0. The van der Waals surface area contributed by atoms with Gasteiger partial charge < -0.3 is 5.11 Å². The highest BCUT2D eigenvalue weighted by Gasteiger charge is 2.65. The van der Waals surface area contributed by atoms with Gasteiger partial charge in [0.2, 0.25) is 0 Å². The summed E-state index contributed by atoms with van der Waals surface area (Å²) in [5.41, 5.74) is 2.53. The van der Waals surface area contributed by atoms with Crippen LogP contribution in [-0.2, 0) is 0 Å². The van der Waals surface area contributed by atoms with Crippen LogP contribution in [0.3, 0.4) is 0 Å². The van der Waals surface area contributed by atoms with E-state index in [0.29, 0.717) is 16.6 Å². The average molecular weight is 427 g/mol.